The summed E-state index contributed by atoms with van der Waals surface area (Å²) in [5.41, 5.74) is 2.19. The first-order valence-corrected chi connectivity index (χ1v) is 5.11. The first-order chi connectivity index (χ1) is 7.07. The molecular formula is C13H15N2. The van der Waals surface area contributed by atoms with E-state index < -0.39 is 0 Å². The van der Waals surface area contributed by atoms with Crippen LogP contribution in [0.3, 0.4) is 0 Å². The quantitative estimate of drug-likeness (QED) is 0.690. The summed E-state index contributed by atoms with van der Waals surface area (Å²) in [6.45, 7) is 6.45. The topological polar surface area (TPSA) is 17.8 Å². The highest BCUT2D eigenvalue weighted by Crippen LogP contribution is 2.20. The van der Waals surface area contributed by atoms with E-state index in [1.54, 1.807) is 4.68 Å². The van der Waals surface area contributed by atoms with E-state index in [2.05, 4.69) is 32.1 Å². The van der Waals surface area contributed by atoms with Gasteiger partial charge in [0.25, 0.3) is 0 Å². The van der Waals surface area contributed by atoms with E-state index in [1.165, 1.54) is 0 Å². The number of para-hydroxylation sites is 1. The predicted molar refractivity (Wildman–Crippen MR) is 61.1 cm³/mol. The lowest BCUT2D eigenvalue weighted by atomic mass is 9.93. The largest absolute Gasteiger partial charge is 0.231 e. The highest BCUT2D eigenvalue weighted by atomic mass is 15.3. The summed E-state index contributed by atoms with van der Waals surface area (Å²) in [5, 5.41) is 4.51. The van der Waals surface area contributed by atoms with Crippen LogP contribution in [0.25, 0.3) is 5.69 Å². The van der Waals surface area contributed by atoms with Crippen molar-refractivity contribution in [2.24, 2.45) is 0 Å². The summed E-state index contributed by atoms with van der Waals surface area (Å²) in [6, 6.07) is 12.0. The zero-order valence-corrected chi connectivity index (χ0v) is 9.36. The van der Waals surface area contributed by atoms with Crippen LogP contribution in [0, 0.1) is 6.20 Å². The van der Waals surface area contributed by atoms with Gasteiger partial charge in [-0.05, 0) is 18.2 Å². The molecule has 0 aliphatic carbocycles. The zero-order chi connectivity index (χ0) is 10.9. The smallest absolute Gasteiger partial charge is 0.0929 e. The van der Waals surface area contributed by atoms with Crippen LogP contribution >= 0.6 is 0 Å². The highest BCUT2D eigenvalue weighted by Gasteiger charge is 2.16. The summed E-state index contributed by atoms with van der Waals surface area (Å²) in [5.74, 6) is 0. The molecule has 1 aromatic heterocycles. The van der Waals surface area contributed by atoms with Crippen LogP contribution in [-0.2, 0) is 5.41 Å². The van der Waals surface area contributed by atoms with Gasteiger partial charge in [-0.2, -0.15) is 5.10 Å². The Morgan fingerprint density at radius 2 is 1.80 bits per heavy atom. The summed E-state index contributed by atoms with van der Waals surface area (Å²) in [6.07, 6.45) is 3.13. The fourth-order valence-electron chi connectivity index (χ4n) is 1.36. The Morgan fingerprint density at radius 3 is 2.33 bits per heavy atom. The summed E-state index contributed by atoms with van der Waals surface area (Å²) >= 11 is 0. The van der Waals surface area contributed by atoms with Crippen LogP contribution in [0.5, 0.6) is 0 Å². The Labute approximate surface area is 90.6 Å². The zero-order valence-electron chi connectivity index (χ0n) is 9.36. The normalized spacial score (nSPS) is 11.7. The van der Waals surface area contributed by atoms with Gasteiger partial charge in [0.15, 0.2) is 0 Å². The second-order valence-corrected chi connectivity index (χ2v) is 4.66. The molecule has 2 nitrogen and oxygen atoms in total. The Hall–Kier alpha value is -1.57. The molecule has 0 aliphatic rings. The van der Waals surface area contributed by atoms with Gasteiger partial charge >= 0.3 is 0 Å². The molecule has 1 aromatic carbocycles. The molecule has 2 heteroatoms. The van der Waals surface area contributed by atoms with Gasteiger partial charge in [0.1, 0.15) is 0 Å². The third-order valence-corrected chi connectivity index (χ3v) is 2.30. The number of nitrogens with zero attached hydrogens (tertiary/aromatic N) is 2. The van der Waals surface area contributed by atoms with Gasteiger partial charge in [0.05, 0.1) is 17.6 Å². The van der Waals surface area contributed by atoms with E-state index in [4.69, 9.17) is 0 Å². The number of rotatable bonds is 1. The van der Waals surface area contributed by atoms with E-state index in [-0.39, 0.29) is 5.41 Å². The van der Waals surface area contributed by atoms with Crippen molar-refractivity contribution >= 4 is 0 Å². The van der Waals surface area contributed by atoms with Gasteiger partial charge < -0.3 is 0 Å². The average molecular weight is 199 g/mol. The van der Waals surface area contributed by atoms with Gasteiger partial charge in [-0.15, -0.1) is 0 Å². The lowest BCUT2D eigenvalue weighted by molar-refractivity contribution is 0.560. The molecule has 0 unspecified atom stereocenters. The Kier molecular flexibility index (Phi) is 2.35. The van der Waals surface area contributed by atoms with Gasteiger partial charge in [-0.25, -0.2) is 4.68 Å². The summed E-state index contributed by atoms with van der Waals surface area (Å²) in [4.78, 5) is 0. The SMILES string of the molecule is CC(C)(C)c1c[c]n(-c2ccccc2)n1. The van der Waals surface area contributed by atoms with Crippen molar-refractivity contribution in [3.63, 3.8) is 0 Å². The van der Waals surface area contributed by atoms with Crippen LogP contribution in [-0.4, -0.2) is 9.78 Å². The van der Waals surface area contributed by atoms with E-state index >= 15 is 0 Å². The minimum Gasteiger partial charge on any atom is -0.231 e. The second kappa shape index (κ2) is 3.54. The summed E-state index contributed by atoms with van der Waals surface area (Å²) in [7, 11) is 0. The van der Waals surface area contributed by atoms with Crippen LogP contribution in [0.1, 0.15) is 26.5 Å². The molecule has 0 fully saturated rings. The fourth-order valence-corrected chi connectivity index (χ4v) is 1.36. The number of benzene rings is 1. The van der Waals surface area contributed by atoms with Gasteiger partial charge in [0, 0.05) is 5.41 Å². The third-order valence-electron chi connectivity index (χ3n) is 2.30. The first kappa shape index (κ1) is 9.97. The molecule has 0 atom stereocenters. The molecule has 0 saturated carbocycles. The fraction of sp³-hybridized carbons (Fsp3) is 0.308. The lowest BCUT2D eigenvalue weighted by Gasteiger charge is -2.14. The Bertz CT molecular complexity index is 435. The molecule has 0 aliphatic heterocycles. The Balaban J connectivity index is 2.37. The lowest BCUT2D eigenvalue weighted by Crippen LogP contribution is -2.12. The first-order valence-electron chi connectivity index (χ1n) is 5.11. The van der Waals surface area contributed by atoms with Gasteiger partial charge in [-0.3, -0.25) is 0 Å². The maximum absolute atomic E-state index is 4.51. The van der Waals surface area contributed by atoms with Crippen molar-refractivity contribution < 1.29 is 0 Å². The van der Waals surface area contributed by atoms with E-state index in [0.29, 0.717) is 0 Å². The molecule has 0 spiro atoms. The van der Waals surface area contributed by atoms with Crippen molar-refractivity contribution in [3.8, 4) is 5.69 Å². The maximum atomic E-state index is 4.51. The Morgan fingerprint density at radius 1 is 1.13 bits per heavy atom. The molecule has 1 heterocycles. The van der Waals surface area contributed by atoms with Crippen LogP contribution < -0.4 is 0 Å². The number of hydrogen-bond acceptors (Lipinski definition) is 1. The van der Waals surface area contributed by atoms with E-state index in [1.807, 2.05) is 36.4 Å². The molecule has 0 N–H and O–H groups in total. The minimum atomic E-state index is 0.0799. The van der Waals surface area contributed by atoms with Crippen LogP contribution in [0.4, 0.5) is 0 Å². The number of hydrogen-bond donors (Lipinski definition) is 0. The van der Waals surface area contributed by atoms with Crippen molar-refractivity contribution in [2.45, 2.75) is 26.2 Å². The van der Waals surface area contributed by atoms with Crippen LogP contribution in [0.2, 0.25) is 0 Å². The van der Waals surface area contributed by atoms with Crippen molar-refractivity contribution in [2.75, 3.05) is 0 Å². The molecule has 15 heavy (non-hydrogen) atoms. The monoisotopic (exact) mass is 199 g/mol. The molecule has 0 bridgehead atoms. The average Bonchev–Trinajstić information content (AvgIpc) is 2.67. The molecule has 1 radical (unpaired) electrons. The summed E-state index contributed by atoms with van der Waals surface area (Å²) < 4.78 is 1.79. The number of aromatic nitrogens is 2. The molecule has 2 aromatic rings. The van der Waals surface area contributed by atoms with Crippen molar-refractivity contribution in [3.05, 3.63) is 48.3 Å². The van der Waals surface area contributed by atoms with Crippen molar-refractivity contribution in [1.82, 2.24) is 9.78 Å². The third kappa shape index (κ3) is 2.09. The van der Waals surface area contributed by atoms with Gasteiger partial charge in [-0.1, -0.05) is 39.0 Å². The standard InChI is InChI=1S/C13H15N2/c1-13(2,3)12-9-10-15(14-12)11-7-5-4-6-8-11/h4-9H,1-3H3. The van der Waals surface area contributed by atoms with Crippen molar-refractivity contribution in [1.29, 1.82) is 0 Å². The van der Waals surface area contributed by atoms with Crippen LogP contribution in [0.15, 0.2) is 36.4 Å². The molecule has 77 valence electrons. The van der Waals surface area contributed by atoms with E-state index in [9.17, 15) is 0 Å². The predicted octanol–water partition coefficient (Wildman–Crippen LogP) is 2.97. The van der Waals surface area contributed by atoms with Gasteiger partial charge in [0.2, 0.25) is 0 Å². The molecule has 2 rings (SSSR count). The van der Waals surface area contributed by atoms with E-state index in [0.717, 1.165) is 11.4 Å². The molecular weight excluding hydrogens is 184 g/mol. The minimum absolute atomic E-state index is 0.0799. The highest BCUT2D eigenvalue weighted by molar-refractivity contribution is 5.30. The maximum Gasteiger partial charge on any atom is 0.0929 e. The molecule has 0 amide bonds. The molecule has 0 saturated heterocycles. The second-order valence-electron chi connectivity index (χ2n) is 4.66.